The summed E-state index contributed by atoms with van der Waals surface area (Å²) in [5.41, 5.74) is 6.45. The van der Waals surface area contributed by atoms with Crippen LogP contribution in [0, 0.1) is 6.92 Å². The Morgan fingerprint density at radius 3 is 2.57 bits per heavy atom. The average Bonchev–Trinajstić information content (AvgIpc) is 2.65. The summed E-state index contributed by atoms with van der Waals surface area (Å²) in [7, 11) is 0. The largest absolute Gasteiger partial charge is 0.325 e. The van der Waals surface area contributed by atoms with Crippen LogP contribution in [0.1, 0.15) is 18.1 Å². The minimum Gasteiger partial charge on any atom is -0.325 e. The zero-order valence-electron chi connectivity index (χ0n) is 12.3. The van der Waals surface area contributed by atoms with Crippen LogP contribution in [0.5, 0.6) is 0 Å². The van der Waals surface area contributed by atoms with Crippen LogP contribution in [0.25, 0.3) is 6.08 Å². The summed E-state index contributed by atoms with van der Waals surface area (Å²) in [4.78, 5) is 4.79. The van der Waals surface area contributed by atoms with Crippen molar-refractivity contribution in [2.45, 2.75) is 20.0 Å². The van der Waals surface area contributed by atoms with Gasteiger partial charge in [-0.25, -0.2) is 0 Å². The van der Waals surface area contributed by atoms with Gasteiger partial charge in [-0.1, -0.05) is 42.5 Å². The first-order valence-corrected chi connectivity index (χ1v) is 7.38. The number of allylic oxidation sites excluding steroid dienone is 2. The molecule has 0 aromatic heterocycles. The number of rotatable bonds is 1. The van der Waals surface area contributed by atoms with E-state index in [-0.39, 0.29) is 6.17 Å². The molecule has 2 aliphatic heterocycles. The van der Waals surface area contributed by atoms with E-state index >= 15 is 0 Å². The van der Waals surface area contributed by atoms with E-state index in [9.17, 15) is 0 Å². The Morgan fingerprint density at radius 1 is 0.905 bits per heavy atom. The molecule has 2 heteroatoms. The minimum atomic E-state index is 0.276. The van der Waals surface area contributed by atoms with Crippen molar-refractivity contribution < 1.29 is 0 Å². The van der Waals surface area contributed by atoms with E-state index < -0.39 is 0 Å². The second kappa shape index (κ2) is 4.52. The number of aryl methyl sites for hydroxylation is 1. The Balaban J connectivity index is 1.96. The van der Waals surface area contributed by atoms with Gasteiger partial charge in [0.15, 0.2) is 0 Å². The van der Waals surface area contributed by atoms with E-state index in [4.69, 9.17) is 0 Å². The van der Waals surface area contributed by atoms with Crippen LogP contribution in [0.3, 0.4) is 0 Å². The molecule has 0 radical (unpaired) electrons. The fourth-order valence-electron chi connectivity index (χ4n) is 3.34. The predicted octanol–water partition coefficient (Wildman–Crippen LogP) is 4.84. The van der Waals surface area contributed by atoms with Gasteiger partial charge < -0.3 is 9.80 Å². The molecule has 0 fully saturated rings. The molecular formula is C19H18N2. The Bertz CT molecular complexity index is 758. The first-order valence-electron chi connectivity index (χ1n) is 7.38. The predicted molar refractivity (Wildman–Crippen MR) is 89.9 cm³/mol. The van der Waals surface area contributed by atoms with Crippen molar-refractivity contribution in [3.63, 3.8) is 0 Å². The van der Waals surface area contributed by atoms with E-state index in [1.165, 1.54) is 28.2 Å². The molecule has 0 amide bonds. The average molecular weight is 274 g/mol. The maximum absolute atomic E-state index is 2.43. The van der Waals surface area contributed by atoms with Crippen LogP contribution in [0.15, 0.2) is 60.8 Å². The van der Waals surface area contributed by atoms with Crippen molar-refractivity contribution in [3.8, 4) is 0 Å². The standard InChI is InChI=1S/C19H18N2/c1-14-8-3-4-11-17(14)21-15(2)20-13-6-5-9-16-10-7-12-18(21)19(16)20/h3-13,15H,1-2H3/t15-/m0/s1. The van der Waals surface area contributed by atoms with Gasteiger partial charge in [0.25, 0.3) is 0 Å². The molecule has 2 aromatic rings. The molecule has 0 unspecified atom stereocenters. The minimum absolute atomic E-state index is 0.276. The lowest BCUT2D eigenvalue weighted by molar-refractivity contribution is 0.754. The van der Waals surface area contributed by atoms with Gasteiger partial charge in [-0.05, 0) is 37.6 Å². The molecule has 0 N–H and O–H groups in total. The maximum atomic E-state index is 2.43. The van der Waals surface area contributed by atoms with Crippen LogP contribution in [-0.2, 0) is 0 Å². The smallest absolute Gasteiger partial charge is 0.108 e. The van der Waals surface area contributed by atoms with E-state index in [0.717, 1.165) is 0 Å². The number of para-hydroxylation sites is 2. The lowest BCUT2D eigenvalue weighted by atomic mass is 10.1. The summed E-state index contributed by atoms with van der Waals surface area (Å²) in [5.74, 6) is 0. The van der Waals surface area contributed by atoms with Gasteiger partial charge >= 0.3 is 0 Å². The lowest BCUT2D eigenvalue weighted by Gasteiger charge is -2.29. The highest BCUT2D eigenvalue weighted by molar-refractivity contribution is 5.91. The fraction of sp³-hybridized carbons (Fsp3) is 0.158. The van der Waals surface area contributed by atoms with E-state index in [1.54, 1.807) is 0 Å². The monoisotopic (exact) mass is 274 g/mol. The molecular weight excluding hydrogens is 256 g/mol. The second-order valence-corrected chi connectivity index (χ2v) is 5.61. The summed E-state index contributed by atoms with van der Waals surface area (Å²) in [5, 5.41) is 0. The van der Waals surface area contributed by atoms with E-state index in [2.05, 4.69) is 90.5 Å². The van der Waals surface area contributed by atoms with E-state index in [1.807, 2.05) is 0 Å². The first-order chi connectivity index (χ1) is 10.3. The molecule has 2 aromatic carbocycles. The topological polar surface area (TPSA) is 6.48 Å². The molecule has 1 atom stereocenters. The molecule has 0 saturated carbocycles. The van der Waals surface area contributed by atoms with Gasteiger partial charge in [-0.2, -0.15) is 0 Å². The zero-order chi connectivity index (χ0) is 14.4. The summed E-state index contributed by atoms with van der Waals surface area (Å²) < 4.78 is 0. The molecule has 2 heterocycles. The van der Waals surface area contributed by atoms with Gasteiger partial charge in [0, 0.05) is 17.5 Å². The highest BCUT2D eigenvalue weighted by Gasteiger charge is 2.34. The summed E-state index contributed by atoms with van der Waals surface area (Å²) >= 11 is 0. The van der Waals surface area contributed by atoms with Crippen molar-refractivity contribution in [2.75, 3.05) is 9.80 Å². The SMILES string of the molecule is Cc1ccccc1N1c2cccc3c2N(C=CC=C3)[C@@H]1C. The molecule has 0 aliphatic carbocycles. The van der Waals surface area contributed by atoms with Crippen molar-refractivity contribution >= 4 is 23.1 Å². The Labute approximate surface area is 125 Å². The summed E-state index contributed by atoms with van der Waals surface area (Å²) in [6, 6.07) is 15.1. The van der Waals surface area contributed by atoms with Crippen molar-refractivity contribution in [1.82, 2.24) is 0 Å². The van der Waals surface area contributed by atoms with Crippen molar-refractivity contribution in [1.29, 1.82) is 0 Å². The third-order valence-electron chi connectivity index (χ3n) is 4.35. The number of hydrogen-bond donors (Lipinski definition) is 0. The zero-order valence-corrected chi connectivity index (χ0v) is 12.3. The summed E-state index contributed by atoms with van der Waals surface area (Å²) in [6.45, 7) is 4.43. The fourth-order valence-corrected chi connectivity index (χ4v) is 3.34. The Hall–Kier alpha value is -2.48. The van der Waals surface area contributed by atoms with Gasteiger partial charge in [0.05, 0.1) is 11.4 Å². The second-order valence-electron chi connectivity index (χ2n) is 5.61. The van der Waals surface area contributed by atoms with Gasteiger partial charge in [0.1, 0.15) is 6.17 Å². The van der Waals surface area contributed by atoms with Crippen LogP contribution in [0.2, 0.25) is 0 Å². The van der Waals surface area contributed by atoms with Crippen molar-refractivity contribution in [3.05, 3.63) is 71.9 Å². The van der Waals surface area contributed by atoms with Crippen LogP contribution in [0.4, 0.5) is 17.1 Å². The van der Waals surface area contributed by atoms with Gasteiger partial charge in [0.2, 0.25) is 0 Å². The quantitative estimate of drug-likeness (QED) is 0.734. The molecule has 0 saturated heterocycles. The maximum Gasteiger partial charge on any atom is 0.108 e. The molecule has 2 aliphatic rings. The van der Waals surface area contributed by atoms with Crippen LogP contribution < -0.4 is 9.80 Å². The Kier molecular flexibility index (Phi) is 2.64. The lowest BCUT2D eigenvalue weighted by Crippen LogP contribution is -2.35. The molecule has 2 nitrogen and oxygen atoms in total. The third-order valence-corrected chi connectivity index (χ3v) is 4.35. The third kappa shape index (κ3) is 1.72. The number of benzene rings is 2. The number of hydrogen-bond acceptors (Lipinski definition) is 2. The van der Waals surface area contributed by atoms with Crippen LogP contribution >= 0.6 is 0 Å². The Morgan fingerprint density at radius 2 is 1.71 bits per heavy atom. The summed E-state index contributed by atoms with van der Waals surface area (Å²) in [6.07, 6.45) is 8.86. The number of nitrogens with zero attached hydrogens (tertiary/aromatic N) is 2. The molecule has 0 spiro atoms. The van der Waals surface area contributed by atoms with Gasteiger partial charge in [-0.3, -0.25) is 0 Å². The highest BCUT2D eigenvalue weighted by Crippen LogP contribution is 2.47. The molecule has 0 bridgehead atoms. The number of anilines is 3. The van der Waals surface area contributed by atoms with Crippen molar-refractivity contribution in [2.24, 2.45) is 0 Å². The van der Waals surface area contributed by atoms with Gasteiger partial charge in [-0.15, -0.1) is 0 Å². The molecule has 104 valence electrons. The van der Waals surface area contributed by atoms with Crippen LogP contribution in [-0.4, -0.2) is 6.17 Å². The molecule has 4 rings (SSSR count). The molecule has 21 heavy (non-hydrogen) atoms. The first kappa shape index (κ1) is 12.3. The van der Waals surface area contributed by atoms with E-state index in [0.29, 0.717) is 0 Å². The normalized spacial score (nSPS) is 18.9. The highest BCUT2D eigenvalue weighted by atomic mass is 15.4.